The Bertz CT molecular complexity index is 1320. The van der Waals surface area contributed by atoms with Crippen molar-refractivity contribution in [3.05, 3.63) is 32.1 Å². The summed E-state index contributed by atoms with van der Waals surface area (Å²) in [6, 6.07) is 4.59. The number of halogens is 2. The Balaban J connectivity index is 1.22. The van der Waals surface area contributed by atoms with Crippen LogP contribution in [0.2, 0.25) is 0 Å². The molecule has 0 aliphatic heterocycles. The van der Waals surface area contributed by atoms with Crippen LogP contribution in [0.3, 0.4) is 0 Å². The molecule has 0 aliphatic rings. The van der Waals surface area contributed by atoms with Crippen LogP contribution in [0.1, 0.15) is 142 Å². The minimum absolute atomic E-state index is 1.02. The summed E-state index contributed by atoms with van der Waals surface area (Å²) in [6.07, 6.45) is 31.8. The number of hydrogen-bond acceptors (Lipinski definition) is 8. The van der Waals surface area contributed by atoms with Crippen molar-refractivity contribution in [3.8, 4) is 29.5 Å². The van der Waals surface area contributed by atoms with Crippen molar-refractivity contribution in [3.63, 3.8) is 0 Å². The zero-order valence-corrected chi connectivity index (χ0v) is 37.0. The van der Waals surface area contributed by atoms with E-state index in [0.717, 1.165) is 10.0 Å². The zero-order chi connectivity index (χ0) is 33.8. The molecule has 4 heterocycles. The second-order valence-electron chi connectivity index (χ2n) is 12.6. The van der Waals surface area contributed by atoms with Crippen LogP contribution in [-0.2, 0) is 0 Å². The molecule has 0 amide bonds. The number of nitrogens with zero attached hydrogens (tertiary/aromatic N) is 2. The maximum atomic E-state index is 4.86. The highest BCUT2D eigenvalue weighted by Gasteiger charge is 2.18. The van der Waals surface area contributed by atoms with Crippen LogP contribution in [0.15, 0.2) is 41.9 Å². The van der Waals surface area contributed by atoms with Gasteiger partial charge in [-0.05, 0) is 68.3 Å². The summed E-state index contributed by atoms with van der Waals surface area (Å²) in [5.41, 5.74) is 0. The monoisotopic (exact) mass is 888 g/mol. The number of hydrogen-bond donors (Lipinski definition) is 0. The van der Waals surface area contributed by atoms with Crippen molar-refractivity contribution in [1.29, 1.82) is 0 Å². The smallest absolute Gasteiger partial charge is 0.152 e. The van der Waals surface area contributed by atoms with E-state index in [1.807, 2.05) is 46.2 Å². The fourth-order valence-corrected chi connectivity index (χ4v) is 14.0. The molecule has 4 aromatic heterocycles. The molecule has 0 N–H and O–H groups in total. The van der Waals surface area contributed by atoms with Crippen LogP contribution >= 0.6 is 101 Å². The Morgan fingerprint density at radius 3 is 1.17 bits per heavy atom. The van der Waals surface area contributed by atoms with Crippen LogP contribution in [0.5, 0.6) is 0 Å². The lowest BCUT2D eigenvalue weighted by Gasteiger charge is -2.03. The molecule has 4 rings (SSSR count). The topological polar surface area (TPSA) is 25.8 Å². The fraction of sp³-hybridized carbons (Fsp3) is 0.632. The largest absolute Gasteiger partial charge is 0.241 e. The highest BCUT2D eigenvalue weighted by molar-refractivity contribution is 9.11. The van der Waals surface area contributed by atoms with Gasteiger partial charge in [0.2, 0.25) is 0 Å². The van der Waals surface area contributed by atoms with Gasteiger partial charge in [-0.3, -0.25) is 0 Å². The van der Waals surface area contributed by atoms with Gasteiger partial charge in [0.25, 0.3) is 0 Å². The molecule has 0 saturated heterocycles. The van der Waals surface area contributed by atoms with E-state index in [0.29, 0.717) is 0 Å². The lowest BCUT2D eigenvalue weighted by molar-refractivity contribution is 0.563. The molecule has 48 heavy (non-hydrogen) atoms. The molecule has 0 fully saturated rings. The van der Waals surface area contributed by atoms with Gasteiger partial charge in [-0.25, -0.2) is 9.97 Å². The maximum Gasteiger partial charge on any atom is 0.152 e. The first-order valence-corrected chi connectivity index (χ1v) is 25.2. The number of thiophene rings is 2. The van der Waals surface area contributed by atoms with Gasteiger partial charge in [0, 0.05) is 22.2 Å². The predicted molar refractivity (Wildman–Crippen MR) is 230 cm³/mol. The minimum atomic E-state index is 1.02. The maximum absolute atomic E-state index is 4.86. The van der Waals surface area contributed by atoms with Crippen molar-refractivity contribution >= 4 is 101 Å². The first kappa shape index (κ1) is 41.1. The van der Waals surface area contributed by atoms with Gasteiger partial charge in [0.05, 0.1) is 27.1 Å². The third-order valence-corrected chi connectivity index (χ3v) is 16.8. The van der Waals surface area contributed by atoms with Gasteiger partial charge in [-0.2, -0.15) is 0 Å². The van der Waals surface area contributed by atoms with E-state index >= 15 is 0 Å². The van der Waals surface area contributed by atoms with Gasteiger partial charge in [-0.1, -0.05) is 129 Å². The van der Waals surface area contributed by atoms with E-state index in [4.69, 9.17) is 9.97 Å². The number of aromatic nitrogens is 2. The van der Waals surface area contributed by atoms with Crippen molar-refractivity contribution in [2.24, 2.45) is 0 Å². The van der Waals surface area contributed by atoms with Crippen LogP contribution in [0.4, 0.5) is 0 Å². The average molecular weight is 891 g/mol. The molecule has 0 aliphatic carbocycles. The van der Waals surface area contributed by atoms with E-state index in [1.54, 1.807) is 22.7 Å². The Morgan fingerprint density at radius 1 is 0.479 bits per heavy atom. The van der Waals surface area contributed by atoms with Crippen molar-refractivity contribution < 1.29 is 0 Å². The van der Waals surface area contributed by atoms with E-state index in [2.05, 4.69) is 70.2 Å². The van der Waals surface area contributed by atoms with E-state index in [9.17, 15) is 0 Å². The summed E-state index contributed by atoms with van der Waals surface area (Å²) >= 11 is 18.7. The summed E-state index contributed by atoms with van der Waals surface area (Å²) in [5, 5.41) is 2.04. The molecular weight excluding hydrogens is 837 g/mol. The van der Waals surface area contributed by atoms with Crippen LogP contribution in [-0.4, -0.2) is 21.5 Å². The zero-order valence-electron chi connectivity index (χ0n) is 29.0. The predicted octanol–water partition coefficient (Wildman–Crippen LogP) is 17.3. The van der Waals surface area contributed by atoms with Gasteiger partial charge in [0.15, 0.2) is 10.0 Å². The minimum Gasteiger partial charge on any atom is -0.241 e. The third kappa shape index (κ3) is 14.7. The van der Waals surface area contributed by atoms with E-state index < -0.39 is 0 Å². The third-order valence-electron chi connectivity index (χ3n) is 8.49. The molecule has 0 aromatic carbocycles. The summed E-state index contributed by atoms with van der Waals surface area (Å²) in [4.78, 5) is 17.6. The molecule has 0 saturated carbocycles. The number of rotatable bonds is 27. The molecule has 266 valence electrons. The van der Waals surface area contributed by atoms with Crippen molar-refractivity contribution in [2.75, 3.05) is 11.5 Å². The summed E-state index contributed by atoms with van der Waals surface area (Å²) < 4.78 is 2.39. The second-order valence-corrected chi connectivity index (χ2v) is 21.8. The van der Waals surface area contributed by atoms with Gasteiger partial charge in [0.1, 0.15) is 0 Å². The lowest BCUT2D eigenvalue weighted by Crippen LogP contribution is -1.84. The number of thiazole rings is 2. The van der Waals surface area contributed by atoms with Crippen molar-refractivity contribution in [2.45, 2.75) is 152 Å². The second kappa shape index (κ2) is 24.5. The first-order valence-electron chi connectivity index (χ1n) is 18.4. The molecular formula is C38H54Br2N2S6. The molecule has 2 nitrogen and oxygen atoms in total. The van der Waals surface area contributed by atoms with Gasteiger partial charge < -0.3 is 0 Å². The highest BCUT2D eigenvalue weighted by atomic mass is 79.9. The van der Waals surface area contributed by atoms with E-state index in [1.165, 1.54) is 177 Å². The molecule has 0 bridgehead atoms. The molecule has 0 unspecified atom stereocenters. The Hall–Kier alpha value is 0.320. The Morgan fingerprint density at radius 2 is 0.812 bits per heavy atom. The fourth-order valence-electron chi connectivity index (χ4n) is 5.75. The standard InChI is InChI=1S/C38H54Br2N2S6/c1-3-5-7-9-11-13-15-17-19-21-23-43-29-25-33(39)47-35(29)31-27-41-37(45-31)38-42-28-32(46-38)36-30(26-34(40)48-36)44-24-22-20-18-16-14-12-10-8-6-4-2/h25-28H,3-24H2,1-2H3. The average Bonchev–Trinajstić information content (AvgIpc) is 3.89. The van der Waals surface area contributed by atoms with Gasteiger partial charge >= 0.3 is 0 Å². The molecule has 0 spiro atoms. The normalized spacial score (nSPS) is 11.7. The van der Waals surface area contributed by atoms with Crippen LogP contribution < -0.4 is 0 Å². The Kier molecular flexibility index (Phi) is 21.0. The molecule has 0 radical (unpaired) electrons. The summed E-state index contributed by atoms with van der Waals surface area (Å²) in [5.74, 6) is 2.37. The highest BCUT2D eigenvalue weighted by Crippen LogP contribution is 2.47. The van der Waals surface area contributed by atoms with Crippen LogP contribution in [0.25, 0.3) is 29.5 Å². The van der Waals surface area contributed by atoms with Crippen LogP contribution in [0, 0.1) is 0 Å². The van der Waals surface area contributed by atoms with Gasteiger partial charge in [-0.15, -0.1) is 68.9 Å². The quantitative estimate of drug-likeness (QED) is 0.0440. The first-order chi connectivity index (χ1) is 23.6. The van der Waals surface area contributed by atoms with E-state index in [-0.39, 0.29) is 0 Å². The molecule has 10 heteroatoms. The number of unbranched alkanes of at least 4 members (excludes halogenated alkanes) is 18. The SMILES string of the molecule is CCCCCCCCCCCCSc1cc(Br)sc1-c1cnc(-c2ncc(-c3sc(Br)cc3SCCCCCCCCCCCC)s2)s1. The molecule has 0 atom stereocenters. The van der Waals surface area contributed by atoms with Crippen molar-refractivity contribution in [1.82, 2.24) is 9.97 Å². The Labute approximate surface area is 332 Å². The summed E-state index contributed by atoms with van der Waals surface area (Å²) in [7, 11) is 0. The summed E-state index contributed by atoms with van der Waals surface area (Å²) in [6.45, 7) is 4.59. The molecule has 4 aromatic rings. The lowest BCUT2D eigenvalue weighted by atomic mass is 10.1. The number of thioether (sulfide) groups is 2.